The fourth-order valence-corrected chi connectivity index (χ4v) is 5.05. The van der Waals surface area contributed by atoms with Crippen molar-refractivity contribution in [2.45, 2.75) is 70.3 Å². The Morgan fingerprint density at radius 1 is 1.00 bits per heavy atom. The molecule has 2 saturated carbocycles. The first-order chi connectivity index (χ1) is 13.0. The van der Waals surface area contributed by atoms with Crippen LogP contribution in [0.3, 0.4) is 0 Å². The molecule has 2 amide bonds. The van der Waals surface area contributed by atoms with Crippen molar-refractivity contribution >= 4 is 11.8 Å². The first kappa shape index (κ1) is 20.6. The van der Waals surface area contributed by atoms with Gasteiger partial charge >= 0.3 is 0 Å². The Labute approximate surface area is 164 Å². The summed E-state index contributed by atoms with van der Waals surface area (Å²) in [5, 5.41) is 3.10. The minimum Gasteiger partial charge on any atom is -0.355 e. The maximum absolute atomic E-state index is 12.6. The molecule has 1 heterocycles. The van der Waals surface area contributed by atoms with Crippen molar-refractivity contribution in [3.05, 3.63) is 0 Å². The van der Waals surface area contributed by atoms with Crippen LogP contribution in [-0.2, 0) is 9.59 Å². The molecule has 154 valence electrons. The lowest BCUT2D eigenvalue weighted by Crippen LogP contribution is -2.54. The van der Waals surface area contributed by atoms with E-state index in [4.69, 9.17) is 5.73 Å². The molecular formula is C21H38N4O2. The summed E-state index contributed by atoms with van der Waals surface area (Å²) in [4.78, 5) is 29.6. The van der Waals surface area contributed by atoms with Gasteiger partial charge < -0.3 is 16.0 Å². The summed E-state index contributed by atoms with van der Waals surface area (Å²) >= 11 is 0. The predicted octanol–water partition coefficient (Wildman–Crippen LogP) is 1.73. The quantitative estimate of drug-likeness (QED) is 0.764. The molecule has 2 unspecified atom stereocenters. The smallest absolute Gasteiger partial charge is 0.225 e. The van der Waals surface area contributed by atoms with Crippen LogP contribution in [0.2, 0.25) is 0 Å². The van der Waals surface area contributed by atoms with E-state index in [0.717, 1.165) is 71.2 Å². The highest BCUT2D eigenvalue weighted by molar-refractivity contribution is 5.80. The number of nitrogens with two attached hydrogens (primary N) is 1. The Morgan fingerprint density at radius 2 is 1.67 bits per heavy atom. The van der Waals surface area contributed by atoms with Crippen molar-refractivity contribution in [2.75, 3.05) is 39.3 Å². The van der Waals surface area contributed by atoms with Gasteiger partial charge in [-0.05, 0) is 32.6 Å². The summed E-state index contributed by atoms with van der Waals surface area (Å²) in [7, 11) is 0. The van der Waals surface area contributed by atoms with E-state index in [1.54, 1.807) is 0 Å². The highest BCUT2D eigenvalue weighted by Gasteiger charge is 2.37. The van der Waals surface area contributed by atoms with Crippen molar-refractivity contribution < 1.29 is 9.59 Å². The number of hydrogen-bond acceptors (Lipinski definition) is 4. The molecule has 0 aromatic carbocycles. The maximum Gasteiger partial charge on any atom is 0.225 e. The monoisotopic (exact) mass is 378 g/mol. The summed E-state index contributed by atoms with van der Waals surface area (Å²) < 4.78 is 0. The molecular weight excluding hydrogens is 340 g/mol. The van der Waals surface area contributed by atoms with Crippen molar-refractivity contribution in [1.82, 2.24) is 15.1 Å². The van der Waals surface area contributed by atoms with E-state index >= 15 is 0 Å². The van der Waals surface area contributed by atoms with Crippen LogP contribution in [0.5, 0.6) is 0 Å². The third-order valence-electron chi connectivity index (χ3n) is 6.94. The molecule has 2 atom stereocenters. The van der Waals surface area contributed by atoms with Gasteiger partial charge in [0.15, 0.2) is 0 Å². The Kier molecular flexibility index (Phi) is 7.15. The summed E-state index contributed by atoms with van der Waals surface area (Å²) in [5.41, 5.74) is 5.97. The highest BCUT2D eigenvalue weighted by Crippen LogP contribution is 2.31. The molecule has 0 radical (unpaired) electrons. The van der Waals surface area contributed by atoms with Gasteiger partial charge in [-0.3, -0.25) is 14.5 Å². The van der Waals surface area contributed by atoms with E-state index in [-0.39, 0.29) is 23.3 Å². The van der Waals surface area contributed by atoms with Crippen LogP contribution in [0.15, 0.2) is 0 Å². The summed E-state index contributed by atoms with van der Waals surface area (Å²) in [6.07, 6.45) is 9.91. The van der Waals surface area contributed by atoms with Crippen LogP contribution in [-0.4, -0.2) is 66.4 Å². The van der Waals surface area contributed by atoms with Crippen LogP contribution in [0.1, 0.15) is 64.7 Å². The van der Waals surface area contributed by atoms with Gasteiger partial charge in [0, 0.05) is 50.7 Å². The van der Waals surface area contributed by atoms with Gasteiger partial charge in [-0.15, -0.1) is 0 Å². The average molecular weight is 379 g/mol. The normalized spacial score (nSPS) is 30.9. The van der Waals surface area contributed by atoms with Crippen LogP contribution >= 0.6 is 0 Å². The Bertz CT molecular complexity index is 508. The lowest BCUT2D eigenvalue weighted by molar-refractivity contribution is -0.138. The van der Waals surface area contributed by atoms with E-state index in [2.05, 4.69) is 15.1 Å². The molecule has 6 heteroatoms. The molecule has 3 aliphatic rings. The SMILES string of the molecule is CC1(N)CCCCC1C(=O)NCCN1CCN(C(=O)C2CCCCC2)CC1. The molecule has 3 N–H and O–H groups in total. The summed E-state index contributed by atoms with van der Waals surface area (Å²) in [6.45, 7) is 7.00. The van der Waals surface area contributed by atoms with E-state index in [1.165, 1.54) is 19.3 Å². The fraction of sp³-hybridized carbons (Fsp3) is 0.905. The Morgan fingerprint density at radius 3 is 2.33 bits per heavy atom. The van der Waals surface area contributed by atoms with Crippen LogP contribution in [0.4, 0.5) is 0 Å². The zero-order chi connectivity index (χ0) is 19.3. The third kappa shape index (κ3) is 5.44. The van der Waals surface area contributed by atoms with E-state index < -0.39 is 0 Å². The van der Waals surface area contributed by atoms with Crippen LogP contribution in [0, 0.1) is 11.8 Å². The zero-order valence-corrected chi connectivity index (χ0v) is 17.0. The zero-order valence-electron chi connectivity index (χ0n) is 17.0. The minimum absolute atomic E-state index is 0.0591. The first-order valence-electron chi connectivity index (χ1n) is 11.0. The summed E-state index contributed by atoms with van der Waals surface area (Å²) in [5.74, 6) is 0.704. The number of piperazine rings is 1. The van der Waals surface area contributed by atoms with Gasteiger partial charge in [0.05, 0.1) is 5.92 Å². The number of rotatable bonds is 5. The second-order valence-electron chi connectivity index (χ2n) is 9.10. The molecule has 2 aliphatic carbocycles. The summed E-state index contributed by atoms with van der Waals surface area (Å²) in [6, 6.07) is 0. The molecule has 3 rings (SSSR count). The van der Waals surface area contributed by atoms with E-state index in [9.17, 15) is 9.59 Å². The molecule has 0 aromatic heterocycles. The van der Waals surface area contributed by atoms with Gasteiger partial charge in [0.2, 0.25) is 11.8 Å². The highest BCUT2D eigenvalue weighted by atomic mass is 16.2. The predicted molar refractivity (Wildman–Crippen MR) is 107 cm³/mol. The van der Waals surface area contributed by atoms with Gasteiger partial charge in [-0.2, -0.15) is 0 Å². The lowest BCUT2D eigenvalue weighted by atomic mass is 9.74. The lowest BCUT2D eigenvalue weighted by Gasteiger charge is -2.38. The van der Waals surface area contributed by atoms with Gasteiger partial charge in [-0.25, -0.2) is 0 Å². The molecule has 27 heavy (non-hydrogen) atoms. The molecule has 0 aromatic rings. The second-order valence-corrected chi connectivity index (χ2v) is 9.10. The average Bonchev–Trinajstić information content (AvgIpc) is 2.68. The molecule has 1 aliphatic heterocycles. The number of carbonyl (C=O) groups is 2. The van der Waals surface area contributed by atoms with E-state index in [1.807, 2.05) is 6.92 Å². The molecule has 1 saturated heterocycles. The maximum atomic E-state index is 12.6. The number of amides is 2. The Hall–Kier alpha value is -1.14. The number of nitrogens with zero attached hydrogens (tertiary/aromatic N) is 2. The standard InChI is InChI=1S/C21H38N4O2/c1-21(22)10-6-5-9-18(21)19(26)23-11-12-24-13-15-25(16-14-24)20(27)17-7-3-2-4-8-17/h17-18H,2-16,22H2,1H3,(H,23,26). The number of nitrogens with one attached hydrogen (secondary N) is 1. The largest absolute Gasteiger partial charge is 0.355 e. The third-order valence-corrected chi connectivity index (χ3v) is 6.94. The second kappa shape index (κ2) is 9.37. The van der Waals surface area contributed by atoms with Crippen LogP contribution in [0.25, 0.3) is 0 Å². The van der Waals surface area contributed by atoms with Crippen molar-refractivity contribution in [3.63, 3.8) is 0 Å². The van der Waals surface area contributed by atoms with Crippen LogP contribution < -0.4 is 11.1 Å². The Balaban J connectivity index is 1.34. The van der Waals surface area contributed by atoms with Gasteiger partial charge in [-0.1, -0.05) is 32.1 Å². The number of carbonyl (C=O) groups excluding carboxylic acids is 2. The fourth-order valence-electron chi connectivity index (χ4n) is 5.05. The van der Waals surface area contributed by atoms with Crippen molar-refractivity contribution in [3.8, 4) is 0 Å². The molecule has 0 bridgehead atoms. The molecule has 3 fully saturated rings. The van der Waals surface area contributed by atoms with E-state index in [0.29, 0.717) is 12.5 Å². The minimum atomic E-state index is -0.368. The molecule has 6 nitrogen and oxygen atoms in total. The van der Waals surface area contributed by atoms with Gasteiger partial charge in [0.1, 0.15) is 0 Å². The van der Waals surface area contributed by atoms with Crippen molar-refractivity contribution in [1.29, 1.82) is 0 Å². The molecule has 0 spiro atoms. The van der Waals surface area contributed by atoms with Gasteiger partial charge in [0.25, 0.3) is 0 Å². The first-order valence-corrected chi connectivity index (χ1v) is 11.0. The topological polar surface area (TPSA) is 78.7 Å². The number of hydrogen-bond donors (Lipinski definition) is 2. The van der Waals surface area contributed by atoms with Crippen molar-refractivity contribution in [2.24, 2.45) is 17.6 Å².